The largest absolute Gasteiger partial charge is 0.390 e. The molecule has 4 bridgehead atoms. The van der Waals surface area contributed by atoms with Gasteiger partial charge in [0.05, 0.1) is 16.9 Å². The maximum Gasteiger partial charge on any atom is 0.252 e. The van der Waals surface area contributed by atoms with E-state index < -0.39 is 11.5 Å². The summed E-state index contributed by atoms with van der Waals surface area (Å²) >= 11 is 0. The smallest absolute Gasteiger partial charge is 0.252 e. The number of hydrogen-bond acceptors (Lipinski definition) is 5. The summed E-state index contributed by atoms with van der Waals surface area (Å²) in [7, 11) is 0. The summed E-state index contributed by atoms with van der Waals surface area (Å²) in [6, 6.07) is 12.3. The second-order valence-electron chi connectivity index (χ2n) is 9.18. The van der Waals surface area contributed by atoms with Crippen LogP contribution in [0.25, 0.3) is 0 Å². The maximum atomic E-state index is 12.0. The first-order chi connectivity index (χ1) is 14.0. The van der Waals surface area contributed by atoms with Gasteiger partial charge in [0.2, 0.25) is 0 Å². The van der Waals surface area contributed by atoms with Crippen LogP contribution in [0, 0.1) is 17.8 Å². The molecule has 6 rings (SSSR count). The van der Waals surface area contributed by atoms with Crippen LogP contribution in [0.15, 0.2) is 42.6 Å². The number of amides is 1. The Bertz CT molecular complexity index is 900. The molecule has 4 saturated carbocycles. The van der Waals surface area contributed by atoms with E-state index in [0.717, 1.165) is 43.4 Å². The lowest BCUT2D eigenvalue weighted by atomic mass is 9.52. The van der Waals surface area contributed by atoms with Crippen LogP contribution >= 0.6 is 0 Å². The van der Waals surface area contributed by atoms with Gasteiger partial charge in [-0.05, 0) is 55.4 Å². The number of aromatic nitrogens is 1. The van der Waals surface area contributed by atoms with E-state index in [1.165, 1.54) is 0 Å². The molecule has 2 unspecified atom stereocenters. The molecule has 1 heterocycles. The van der Waals surface area contributed by atoms with Crippen molar-refractivity contribution in [2.75, 3.05) is 10.6 Å². The summed E-state index contributed by atoms with van der Waals surface area (Å²) < 4.78 is 0. The number of nitrogens with zero attached hydrogens (tertiary/aromatic N) is 1. The second kappa shape index (κ2) is 7.02. The normalized spacial score (nSPS) is 32.2. The van der Waals surface area contributed by atoms with Crippen molar-refractivity contribution in [3.05, 3.63) is 53.7 Å². The Balaban J connectivity index is 1.36. The van der Waals surface area contributed by atoms with Crippen molar-refractivity contribution in [3.63, 3.8) is 0 Å². The third-order valence-electron chi connectivity index (χ3n) is 7.05. The quantitative estimate of drug-likeness (QED) is 0.605. The molecule has 2 aromatic rings. The van der Waals surface area contributed by atoms with Crippen LogP contribution in [0.5, 0.6) is 0 Å². The van der Waals surface area contributed by atoms with E-state index in [1.54, 1.807) is 6.20 Å². The molecule has 0 saturated heterocycles. The van der Waals surface area contributed by atoms with Crippen molar-refractivity contribution < 1.29 is 9.90 Å². The average Bonchev–Trinajstić information content (AvgIpc) is 2.68. The number of benzene rings is 1. The molecule has 5 N–H and O–H groups in total. The fourth-order valence-electron chi connectivity index (χ4n) is 6.05. The topological polar surface area (TPSA) is 100 Å². The summed E-state index contributed by atoms with van der Waals surface area (Å²) in [4.78, 5) is 16.4. The summed E-state index contributed by atoms with van der Waals surface area (Å²) in [5, 5.41) is 17.8. The Morgan fingerprint density at radius 3 is 2.55 bits per heavy atom. The highest BCUT2D eigenvalue weighted by atomic mass is 16.3. The molecule has 152 valence electrons. The zero-order chi connectivity index (χ0) is 20.0. The molecule has 0 aliphatic heterocycles. The second-order valence-corrected chi connectivity index (χ2v) is 9.18. The predicted molar refractivity (Wildman–Crippen MR) is 112 cm³/mol. The number of carbonyl (C=O) groups is 1. The standard InChI is InChI=1S/C23H28N4O2/c24-22(28)18-13-26-20(25-12-14-4-2-1-3-5-14)8-19(18)27-21-16-6-15-7-17(21)11-23(29,9-15)10-16/h1-5,8,13,15-17,21,29H,6-7,9-12H2,(H2,24,28)(H2,25,26,27)/t15?,16-,17?,21-,23-/m1/s1. The molecule has 6 nitrogen and oxygen atoms in total. The van der Waals surface area contributed by atoms with Gasteiger partial charge in [0.15, 0.2) is 0 Å². The minimum atomic E-state index is -0.475. The molecule has 1 amide bonds. The Morgan fingerprint density at radius 2 is 1.90 bits per heavy atom. The average molecular weight is 393 g/mol. The summed E-state index contributed by atoms with van der Waals surface area (Å²) in [6.45, 7) is 0.659. The van der Waals surface area contributed by atoms with Crippen molar-refractivity contribution in [1.29, 1.82) is 0 Å². The monoisotopic (exact) mass is 392 g/mol. The van der Waals surface area contributed by atoms with Gasteiger partial charge in [0, 0.05) is 24.8 Å². The SMILES string of the molecule is NC(=O)c1cnc(NCc2ccccc2)cc1N[C@H]1C2CC3C[C@@H]1C[C@](O)(C3)C2. The third kappa shape index (κ3) is 3.57. The van der Waals surface area contributed by atoms with Gasteiger partial charge in [-0.2, -0.15) is 0 Å². The minimum absolute atomic E-state index is 0.272. The fraction of sp³-hybridized carbons (Fsp3) is 0.478. The zero-order valence-electron chi connectivity index (χ0n) is 16.5. The molecule has 4 aliphatic carbocycles. The van der Waals surface area contributed by atoms with E-state index in [0.29, 0.717) is 35.7 Å². The molecule has 0 radical (unpaired) electrons. The molecule has 0 spiro atoms. The molecular weight excluding hydrogens is 364 g/mol. The predicted octanol–water partition coefficient (Wildman–Crippen LogP) is 3.14. The molecule has 4 aliphatic rings. The Hall–Kier alpha value is -2.60. The Kier molecular flexibility index (Phi) is 4.46. The van der Waals surface area contributed by atoms with Crippen molar-refractivity contribution in [3.8, 4) is 0 Å². The van der Waals surface area contributed by atoms with Gasteiger partial charge in [0.1, 0.15) is 5.82 Å². The number of carbonyl (C=O) groups excluding carboxylic acids is 1. The minimum Gasteiger partial charge on any atom is -0.390 e. The number of pyridine rings is 1. The van der Waals surface area contributed by atoms with Crippen LogP contribution in [0.2, 0.25) is 0 Å². The van der Waals surface area contributed by atoms with E-state index in [4.69, 9.17) is 5.73 Å². The first kappa shape index (κ1) is 18.4. The van der Waals surface area contributed by atoms with Crippen molar-refractivity contribution in [1.82, 2.24) is 4.98 Å². The molecule has 4 fully saturated rings. The Labute approximate surface area is 170 Å². The molecule has 6 heteroatoms. The van der Waals surface area contributed by atoms with Gasteiger partial charge in [-0.3, -0.25) is 4.79 Å². The molecule has 5 atom stereocenters. The number of rotatable bonds is 6. The molecule has 1 aromatic heterocycles. The van der Waals surface area contributed by atoms with Gasteiger partial charge in [0.25, 0.3) is 5.91 Å². The van der Waals surface area contributed by atoms with Crippen LogP contribution in [-0.2, 0) is 6.54 Å². The van der Waals surface area contributed by atoms with Gasteiger partial charge in [-0.15, -0.1) is 0 Å². The number of anilines is 2. The first-order valence-electron chi connectivity index (χ1n) is 10.6. The lowest BCUT2D eigenvalue weighted by Crippen LogP contribution is -2.59. The van der Waals surface area contributed by atoms with Gasteiger partial charge >= 0.3 is 0 Å². The zero-order valence-corrected chi connectivity index (χ0v) is 16.5. The number of nitrogens with one attached hydrogen (secondary N) is 2. The highest BCUT2D eigenvalue weighted by molar-refractivity contribution is 5.98. The van der Waals surface area contributed by atoms with Crippen LogP contribution < -0.4 is 16.4 Å². The van der Waals surface area contributed by atoms with Crippen LogP contribution in [-0.4, -0.2) is 27.6 Å². The summed E-state index contributed by atoms with van der Waals surface area (Å²) in [5.41, 5.74) is 7.48. The molecule has 1 aromatic carbocycles. The molecule has 29 heavy (non-hydrogen) atoms. The van der Waals surface area contributed by atoms with E-state index in [9.17, 15) is 9.90 Å². The highest BCUT2D eigenvalue weighted by Crippen LogP contribution is 2.56. The highest BCUT2D eigenvalue weighted by Gasteiger charge is 2.54. The number of hydrogen-bond donors (Lipinski definition) is 4. The van der Waals surface area contributed by atoms with Gasteiger partial charge in [-0.1, -0.05) is 30.3 Å². The maximum absolute atomic E-state index is 12.0. The lowest BCUT2D eigenvalue weighted by Gasteiger charge is -2.58. The van der Waals surface area contributed by atoms with Crippen molar-refractivity contribution >= 4 is 17.4 Å². The van der Waals surface area contributed by atoms with Crippen LogP contribution in [0.4, 0.5) is 11.5 Å². The Morgan fingerprint density at radius 1 is 1.17 bits per heavy atom. The van der Waals surface area contributed by atoms with Crippen LogP contribution in [0.3, 0.4) is 0 Å². The van der Waals surface area contributed by atoms with Gasteiger partial charge < -0.3 is 21.5 Å². The first-order valence-corrected chi connectivity index (χ1v) is 10.6. The van der Waals surface area contributed by atoms with E-state index in [2.05, 4.69) is 27.8 Å². The fourth-order valence-corrected chi connectivity index (χ4v) is 6.05. The third-order valence-corrected chi connectivity index (χ3v) is 7.05. The lowest BCUT2D eigenvalue weighted by molar-refractivity contribution is -0.129. The number of aliphatic hydroxyl groups is 1. The van der Waals surface area contributed by atoms with E-state index in [-0.39, 0.29) is 6.04 Å². The van der Waals surface area contributed by atoms with Gasteiger partial charge in [-0.25, -0.2) is 4.98 Å². The summed E-state index contributed by atoms with van der Waals surface area (Å²) in [6.07, 6.45) is 6.55. The van der Waals surface area contributed by atoms with Crippen molar-refractivity contribution in [2.24, 2.45) is 23.5 Å². The van der Waals surface area contributed by atoms with E-state index >= 15 is 0 Å². The molecular formula is C23H28N4O2. The van der Waals surface area contributed by atoms with Crippen LogP contribution in [0.1, 0.15) is 48.0 Å². The van der Waals surface area contributed by atoms with Crippen molar-refractivity contribution in [2.45, 2.75) is 50.3 Å². The van der Waals surface area contributed by atoms with E-state index in [1.807, 2.05) is 24.3 Å². The summed E-state index contributed by atoms with van der Waals surface area (Å²) in [5.74, 6) is 1.77. The number of primary amides is 1. The number of nitrogens with two attached hydrogens (primary N) is 1.